The first-order valence-electron chi connectivity index (χ1n) is 6.32. The van der Waals surface area contributed by atoms with Gasteiger partial charge in [0, 0.05) is 18.1 Å². The second-order valence-electron chi connectivity index (χ2n) is 4.00. The van der Waals surface area contributed by atoms with Crippen molar-refractivity contribution in [2.45, 2.75) is 13.8 Å². The number of hydrogen-bond acceptors (Lipinski definition) is 6. The molecule has 7 heteroatoms. The van der Waals surface area contributed by atoms with Gasteiger partial charge in [-0.05, 0) is 38.1 Å². The minimum Gasteiger partial charge on any atom is -0.424 e. The third-order valence-electron chi connectivity index (χ3n) is 2.69. The van der Waals surface area contributed by atoms with Crippen LogP contribution in [0, 0.1) is 0 Å². The summed E-state index contributed by atoms with van der Waals surface area (Å²) in [6.07, 6.45) is 0. The molecule has 0 unspecified atom stereocenters. The van der Waals surface area contributed by atoms with E-state index in [9.17, 15) is 0 Å². The Morgan fingerprint density at radius 3 is 2.35 bits per heavy atom. The van der Waals surface area contributed by atoms with Crippen molar-refractivity contribution >= 4 is 23.5 Å². The van der Waals surface area contributed by atoms with Crippen molar-refractivity contribution in [2.24, 2.45) is 0 Å². The first-order valence-corrected chi connectivity index (χ1v) is 6.70. The van der Waals surface area contributed by atoms with E-state index in [1.807, 2.05) is 18.7 Å². The lowest BCUT2D eigenvalue weighted by Gasteiger charge is -2.18. The molecule has 1 aromatic carbocycles. The van der Waals surface area contributed by atoms with Crippen molar-refractivity contribution in [1.82, 2.24) is 15.0 Å². The minimum atomic E-state index is 0.130. The van der Waals surface area contributed by atoms with Crippen molar-refractivity contribution in [3.05, 3.63) is 29.3 Å². The van der Waals surface area contributed by atoms with Crippen LogP contribution in [-0.4, -0.2) is 28.0 Å². The maximum atomic E-state index is 5.82. The van der Waals surface area contributed by atoms with Gasteiger partial charge in [-0.25, -0.2) is 0 Å². The molecule has 0 saturated carbocycles. The van der Waals surface area contributed by atoms with E-state index in [0.29, 0.717) is 16.7 Å². The predicted octanol–water partition coefficient (Wildman–Crippen LogP) is 2.75. The van der Waals surface area contributed by atoms with Gasteiger partial charge in [-0.2, -0.15) is 15.0 Å². The average Bonchev–Trinajstić information content (AvgIpc) is 2.42. The van der Waals surface area contributed by atoms with Crippen LogP contribution in [0.4, 0.5) is 11.9 Å². The molecule has 2 aromatic rings. The highest BCUT2D eigenvalue weighted by atomic mass is 35.5. The molecule has 0 atom stereocenters. The van der Waals surface area contributed by atoms with E-state index in [0.717, 1.165) is 13.1 Å². The van der Waals surface area contributed by atoms with Gasteiger partial charge < -0.3 is 15.4 Å². The predicted molar refractivity (Wildman–Crippen MR) is 79.3 cm³/mol. The summed E-state index contributed by atoms with van der Waals surface area (Å²) in [4.78, 5) is 14.3. The largest absolute Gasteiger partial charge is 0.424 e. The Kier molecular flexibility index (Phi) is 4.57. The Morgan fingerprint density at radius 2 is 1.75 bits per heavy atom. The number of benzene rings is 1. The SMILES string of the molecule is CCN(CC)c1nc(N)nc(Oc2ccc(Cl)cc2)n1. The third kappa shape index (κ3) is 3.48. The van der Waals surface area contributed by atoms with E-state index in [4.69, 9.17) is 22.1 Å². The van der Waals surface area contributed by atoms with Crippen LogP contribution in [0.5, 0.6) is 11.8 Å². The summed E-state index contributed by atoms with van der Waals surface area (Å²) in [5.74, 6) is 1.22. The highest BCUT2D eigenvalue weighted by Crippen LogP contribution is 2.22. The molecule has 0 aliphatic rings. The standard InChI is InChI=1S/C13H16ClN5O/c1-3-19(4-2)12-16-11(15)17-13(18-12)20-10-7-5-9(14)6-8-10/h5-8H,3-4H2,1-2H3,(H2,15,16,17,18). The average molecular weight is 294 g/mol. The lowest BCUT2D eigenvalue weighted by molar-refractivity contribution is 0.440. The van der Waals surface area contributed by atoms with Gasteiger partial charge in [0.15, 0.2) is 0 Å². The van der Waals surface area contributed by atoms with Crippen LogP contribution in [0.15, 0.2) is 24.3 Å². The van der Waals surface area contributed by atoms with Crippen LogP contribution in [-0.2, 0) is 0 Å². The summed E-state index contributed by atoms with van der Waals surface area (Å²) in [5.41, 5.74) is 5.69. The number of ether oxygens (including phenoxy) is 1. The van der Waals surface area contributed by atoms with Crippen molar-refractivity contribution in [1.29, 1.82) is 0 Å². The molecule has 0 radical (unpaired) electrons. The Labute approximate surface area is 122 Å². The smallest absolute Gasteiger partial charge is 0.328 e. The van der Waals surface area contributed by atoms with Gasteiger partial charge in [-0.3, -0.25) is 0 Å². The van der Waals surface area contributed by atoms with Crippen molar-refractivity contribution in [3.63, 3.8) is 0 Å². The fourth-order valence-corrected chi connectivity index (χ4v) is 1.79. The molecule has 6 nitrogen and oxygen atoms in total. The van der Waals surface area contributed by atoms with E-state index in [-0.39, 0.29) is 12.0 Å². The number of hydrogen-bond donors (Lipinski definition) is 1. The van der Waals surface area contributed by atoms with Gasteiger partial charge in [0.05, 0.1) is 0 Å². The molecule has 0 aliphatic carbocycles. The molecule has 1 aromatic heterocycles. The lowest BCUT2D eigenvalue weighted by Crippen LogP contribution is -2.25. The number of aromatic nitrogens is 3. The second-order valence-corrected chi connectivity index (χ2v) is 4.44. The molecule has 2 N–H and O–H groups in total. The molecule has 2 rings (SSSR count). The van der Waals surface area contributed by atoms with E-state index in [1.54, 1.807) is 24.3 Å². The molecule has 0 bridgehead atoms. The zero-order chi connectivity index (χ0) is 14.5. The van der Waals surface area contributed by atoms with Crippen LogP contribution >= 0.6 is 11.6 Å². The first-order chi connectivity index (χ1) is 9.62. The fraction of sp³-hybridized carbons (Fsp3) is 0.308. The zero-order valence-electron chi connectivity index (χ0n) is 11.4. The van der Waals surface area contributed by atoms with Crippen molar-refractivity contribution < 1.29 is 4.74 Å². The molecular weight excluding hydrogens is 278 g/mol. The van der Waals surface area contributed by atoms with Gasteiger partial charge in [0.2, 0.25) is 11.9 Å². The third-order valence-corrected chi connectivity index (χ3v) is 2.94. The van der Waals surface area contributed by atoms with E-state index >= 15 is 0 Å². The van der Waals surface area contributed by atoms with Gasteiger partial charge in [-0.15, -0.1) is 0 Å². The maximum Gasteiger partial charge on any atom is 0.328 e. The summed E-state index contributed by atoms with van der Waals surface area (Å²) in [5, 5.41) is 0.636. The van der Waals surface area contributed by atoms with Crippen molar-refractivity contribution in [3.8, 4) is 11.8 Å². The van der Waals surface area contributed by atoms with E-state index in [2.05, 4.69) is 15.0 Å². The van der Waals surface area contributed by atoms with Crippen LogP contribution < -0.4 is 15.4 Å². The maximum absolute atomic E-state index is 5.82. The summed E-state index contributed by atoms with van der Waals surface area (Å²) < 4.78 is 5.57. The van der Waals surface area contributed by atoms with Crippen molar-refractivity contribution in [2.75, 3.05) is 23.7 Å². The number of halogens is 1. The van der Waals surface area contributed by atoms with Crippen LogP contribution in [0.3, 0.4) is 0 Å². The molecule has 0 spiro atoms. The number of nitrogens with two attached hydrogens (primary N) is 1. The monoisotopic (exact) mass is 293 g/mol. The van der Waals surface area contributed by atoms with Gasteiger partial charge in [-0.1, -0.05) is 11.6 Å². The Hall–Kier alpha value is -2.08. The summed E-state index contributed by atoms with van der Waals surface area (Å²) >= 11 is 5.82. The molecule has 106 valence electrons. The topological polar surface area (TPSA) is 77.2 Å². The Morgan fingerprint density at radius 1 is 1.10 bits per heavy atom. The van der Waals surface area contributed by atoms with E-state index < -0.39 is 0 Å². The fourth-order valence-electron chi connectivity index (χ4n) is 1.66. The number of nitrogen functional groups attached to an aromatic ring is 1. The molecular formula is C13H16ClN5O. The van der Waals surface area contributed by atoms with Gasteiger partial charge in [0.1, 0.15) is 5.75 Å². The molecule has 0 amide bonds. The first kappa shape index (κ1) is 14.3. The summed E-state index contributed by atoms with van der Waals surface area (Å²) in [6.45, 7) is 5.59. The Bertz CT molecular complexity index is 571. The van der Waals surface area contributed by atoms with Crippen LogP contribution in [0.25, 0.3) is 0 Å². The van der Waals surface area contributed by atoms with Gasteiger partial charge >= 0.3 is 6.01 Å². The minimum absolute atomic E-state index is 0.130. The number of nitrogens with zero attached hydrogens (tertiary/aromatic N) is 4. The quantitative estimate of drug-likeness (QED) is 0.913. The molecule has 0 aliphatic heterocycles. The van der Waals surface area contributed by atoms with E-state index in [1.165, 1.54) is 0 Å². The number of anilines is 2. The lowest BCUT2D eigenvalue weighted by atomic mass is 10.3. The second kappa shape index (κ2) is 6.38. The summed E-state index contributed by atoms with van der Waals surface area (Å²) in [6, 6.07) is 7.10. The van der Waals surface area contributed by atoms with Crippen LogP contribution in [0.1, 0.15) is 13.8 Å². The van der Waals surface area contributed by atoms with Gasteiger partial charge in [0.25, 0.3) is 0 Å². The van der Waals surface area contributed by atoms with Crippen LogP contribution in [0.2, 0.25) is 5.02 Å². The Balaban J connectivity index is 2.25. The number of rotatable bonds is 5. The zero-order valence-corrected chi connectivity index (χ0v) is 12.1. The molecule has 1 heterocycles. The normalized spacial score (nSPS) is 10.3. The summed E-state index contributed by atoms with van der Waals surface area (Å²) in [7, 11) is 0. The molecule has 20 heavy (non-hydrogen) atoms. The molecule has 0 saturated heterocycles. The molecule has 0 fully saturated rings. The highest BCUT2D eigenvalue weighted by molar-refractivity contribution is 6.30. The highest BCUT2D eigenvalue weighted by Gasteiger charge is 2.11.